The van der Waals surface area contributed by atoms with Gasteiger partial charge in [-0.3, -0.25) is 0 Å². The van der Waals surface area contributed by atoms with E-state index in [1.807, 2.05) is 10.8 Å². The number of nitrogens with zero attached hydrogens (tertiary/aromatic N) is 3. The standard InChI is InChI=1S/C6H6N4S2/c7-5(4-3-12-10-9-4)6-8-1-2-11-6/h1-3,5H,7H2. The molecule has 0 spiro atoms. The highest BCUT2D eigenvalue weighted by Crippen LogP contribution is 2.19. The van der Waals surface area contributed by atoms with Gasteiger partial charge in [0, 0.05) is 17.0 Å². The molecule has 6 heteroatoms. The van der Waals surface area contributed by atoms with Crippen LogP contribution in [0.5, 0.6) is 0 Å². The highest BCUT2D eigenvalue weighted by Gasteiger charge is 2.13. The number of aromatic nitrogens is 3. The summed E-state index contributed by atoms with van der Waals surface area (Å²) in [5.41, 5.74) is 6.64. The number of hydrogen-bond donors (Lipinski definition) is 1. The first-order valence-corrected chi connectivity index (χ1v) is 5.01. The molecular weight excluding hydrogens is 192 g/mol. The van der Waals surface area contributed by atoms with Crippen LogP contribution in [0.2, 0.25) is 0 Å². The molecule has 0 radical (unpaired) electrons. The SMILES string of the molecule is NC(c1csnn1)c1nccs1. The maximum absolute atomic E-state index is 5.86. The first kappa shape index (κ1) is 7.78. The van der Waals surface area contributed by atoms with Crippen molar-refractivity contribution >= 4 is 22.9 Å². The van der Waals surface area contributed by atoms with Crippen LogP contribution in [0.25, 0.3) is 0 Å². The van der Waals surface area contributed by atoms with Gasteiger partial charge in [0.2, 0.25) is 0 Å². The first-order valence-electron chi connectivity index (χ1n) is 3.30. The summed E-state index contributed by atoms with van der Waals surface area (Å²) in [6, 6.07) is -0.219. The molecule has 4 nitrogen and oxygen atoms in total. The molecule has 0 aliphatic rings. The summed E-state index contributed by atoms with van der Waals surface area (Å²) >= 11 is 2.83. The van der Waals surface area contributed by atoms with Crippen LogP contribution in [0, 0.1) is 0 Å². The van der Waals surface area contributed by atoms with Crippen LogP contribution in [0.1, 0.15) is 16.7 Å². The lowest BCUT2D eigenvalue weighted by atomic mass is 10.3. The quantitative estimate of drug-likeness (QED) is 0.783. The van der Waals surface area contributed by atoms with E-state index in [2.05, 4.69) is 14.6 Å². The van der Waals surface area contributed by atoms with E-state index in [0.29, 0.717) is 0 Å². The van der Waals surface area contributed by atoms with Gasteiger partial charge in [-0.1, -0.05) is 4.49 Å². The molecule has 0 amide bonds. The first-order chi connectivity index (χ1) is 5.88. The molecule has 0 fully saturated rings. The van der Waals surface area contributed by atoms with Crippen molar-refractivity contribution in [1.29, 1.82) is 0 Å². The third-order valence-corrected chi connectivity index (χ3v) is 2.79. The maximum atomic E-state index is 5.86. The molecule has 1 unspecified atom stereocenters. The smallest absolute Gasteiger partial charge is 0.116 e. The van der Waals surface area contributed by atoms with Gasteiger partial charge in [-0.15, -0.1) is 16.4 Å². The normalized spacial score (nSPS) is 13.1. The van der Waals surface area contributed by atoms with Gasteiger partial charge < -0.3 is 5.73 Å². The molecule has 0 bridgehead atoms. The maximum Gasteiger partial charge on any atom is 0.116 e. The molecule has 0 aliphatic carbocycles. The largest absolute Gasteiger partial charge is 0.317 e. The minimum absolute atomic E-state index is 0.219. The summed E-state index contributed by atoms with van der Waals surface area (Å²) in [5.74, 6) is 0. The van der Waals surface area contributed by atoms with Crippen LogP contribution in [-0.2, 0) is 0 Å². The number of thiazole rings is 1. The van der Waals surface area contributed by atoms with E-state index in [1.54, 1.807) is 6.20 Å². The summed E-state index contributed by atoms with van der Waals surface area (Å²) in [5, 5.41) is 8.50. The van der Waals surface area contributed by atoms with Crippen molar-refractivity contribution in [3.05, 3.63) is 27.7 Å². The van der Waals surface area contributed by atoms with E-state index in [-0.39, 0.29) is 6.04 Å². The molecule has 12 heavy (non-hydrogen) atoms. The highest BCUT2D eigenvalue weighted by atomic mass is 32.1. The van der Waals surface area contributed by atoms with Crippen molar-refractivity contribution in [1.82, 2.24) is 14.6 Å². The van der Waals surface area contributed by atoms with Crippen molar-refractivity contribution in [3.8, 4) is 0 Å². The Morgan fingerprint density at radius 2 is 2.42 bits per heavy atom. The summed E-state index contributed by atoms with van der Waals surface area (Å²) in [4.78, 5) is 4.10. The Labute approximate surface area is 77.2 Å². The molecular formula is C6H6N4S2. The second-order valence-electron chi connectivity index (χ2n) is 2.18. The topological polar surface area (TPSA) is 64.7 Å². The Morgan fingerprint density at radius 1 is 1.50 bits per heavy atom. The Hall–Kier alpha value is -0.850. The zero-order chi connectivity index (χ0) is 8.39. The van der Waals surface area contributed by atoms with Crippen molar-refractivity contribution in [2.75, 3.05) is 0 Å². The zero-order valence-electron chi connectivity index (χ0n) is 6.04. The fourth-order valence-corrected chi connectivity index (χ4v) is 1.96. The predicted molar refractivity (Wildman–Crippen MR) is 48.1 cm³/mol. The molecule has 2 aromatic rings. The molecule has 1 atom stereocenters. The van der Waals surface area contributed by atoms with E-state index in [1.165, 1.54) is 22.9 Å². The van der Waals surface area contributed by atoms with Gasteiger partial charge in [0.15, 0.2) is 0 Å². The van der Waals surface area contributed by atoms with Crippen LogP contribution in [0.3, 0.4) is 0 Å². The van der Waals surface area contributed by atoms with Gasteiger partial charge >= 0.3 is 0 Å². The second kappa shape index (κ2) is 3.26. The molecule has 2 aromatic heterocycles. The average molecular weight is 198 g/mol. The number of rotatable bonds is 2. The van der Waals surface area contributed by atoms with Crippen LogP contribution < -0.4 is 5.73 Å². The third-order valence-electron chi connectivity index (χ3n) is 1.41. The van der Waals surface area contributed by atoms with Gasteiger partial charge in [0.1, 0.15) is 11.0 Å². The van der Waals surface area contributed by atoms with Crippen molar-refractivity contribution < 1.29 is 0 Å². The lowest BCUT2D eigenvalue weighted by Gasteiger charge is -2.01. The molecule has 62 valence electrons. The summed E-state index contributed by atoms with van der Waals surface area (Å²) < 4.78 is 3.74. The van der Waals surface area contributed by atoms with Gasteiger partial charge in [-0.05, 0) is 11.5 Å². The van der Waals surface area contributed by atoms with Crippen LogP contribution in [0.15, 0.2) is 17.0 Å². The van der Waals surface area contributed by atoms with Gasteiger partial charge in [-0.2, -0.15) is 0 Å². The van der Waals surface area contributed by atoms with Crippen LogP contribution in [-0.4, -0.2) is 14.6 Å². The number of hydrogen-bond acceptors (Lipinski definition) is 6. The molecule has 0 aliphatic heterocycles. The molecule has 0 saturated heterocycles. The molecule has 2 rings (SSSR count). The van der Waals surface area contributed by atoms with Crippen molar-refractivity contribution in [3.63, 3.8) is 0 Å². The average Bonchev–Trinajstić information content (AvgIpc) is 2.77. The van der Waals surface area contributed by atoms with E-state index >= 15 is 0 Å². The van der Waals surface area contributed by atoms with Gasteiger partial charge in [-0.25, -0.2) is 4.98 Å². The van der Waals surface area contributed by atoms with E-state index in [0.717, 1.165) is 10.7 Å². The molecule has 0 aromatic carbocycles. The van der Waals surface area contributed by atoms with E-state index < -0.39 is 0 Å². The fourth-order valence-electron chi connectivity index (χ4n) is 0.822. The number of nitrogens with two attached hydrogens (primary N) is 1. The lowest BCUT2D eigenvalue weighted by molar-refractivity contribution is 0.809. The zero-order valence-corrected chi connectivity index (χ0v) is 7.68. The van der Waals surface area contributed by atoms with Crippen LogP contribution in [0.4, 0.5) is 0 Å². The Balaban J connectivity index is 2.27. The summed E-state index contributed by atoms with van der Waals surface area (Å²) in [6.07, 6.45) is 1.74. The van der Waals surface area contributed by atoms with Gasteiger partial charge in [0.25, 0.3) is 0 Å². The fraction of sp³-hybridized carbons (Fsp3) is 0.167. The molecule has 2 heterocycles. The van der Waals surface area contributed by atoms with E-state index in [4.69, 9.17) is 5.73 Å². The van der Waals surface area contributed by atoms with Crippen molar-refractivity contribution in [2.24, 2.45) is 5.73 Å². The van der Waals surface area contributed by atoms with Crippen molar-refractivity contribution in [2.45, 2.75) is 6.04 Å². The summed E-state index contributed by atoms with van der Waals surface area (Å²) in [7, 11) is 0. The molecule has 2 N–H and O–H groups in total. The summed E-state index contributed by atoms with van der Waals surface area (Å²) in [6.45, 7) is 0. The Kier molecular flexibility index (Phi) is 2.11. The predicted octanol–water partition coefficient (Wildman–Crippen LogP) is 1.04. The monoisotopic (exact) mass is 198 g/mol. The minimum Gasteiger partial charge on any atom is -0.317 e. The lowest BCUT2D eigenvalue weighted by Crippen LogP contribution is -2.11. The molecule has 0 saturated carbocycles. The minimum atomic E-state index is -0.219. The highest BCUT2D eigenvalue weighted by molar-refractivity contribution is 7.09. The Bertz CT molecular complexity index is 294. The third kappa shape index (κ3) is 1.36. The Morgan fingerprint density at radius 3 is 3.00 bits per heavy atom. The van der Waals surface area contributed by atoms with Crippen LogP contribution >= 0.6 is 22.9 Å². The van der Waals surface area contributed by atoms with Gasteiger partial charge in [0.05, 0.1) is 5.69 Å². The van der Waals surface area contributed by atoms with E-state index in [9.17, 15) is 0 Å². The second-order valence-corrected chi connectivity index (χ2v) is 3.71.